The van der Waals surface area contributed by atoms with E-state index in [-0.39, 0.29) is 16.3 Å². The lowest BCUT2D eigenvalue weighted by molar-refractivity contribution is -0.255. The summed E-state index contributed by atoms with van der Waals surface area (Å²) < 4.78 is 4.99. The number of nitrogens with zero attached hydrogens (tertiary/aromatic N) is 1. The van der Waals surface area contributed by atoms with Crippen molar-refractivity contribution in [2.24, 2.45) is 0 Å². The van der Waals surface area contributed by atoms with Crippen LogP contribution in [0, 0.1) is 6.92 Å². The first-order valence-corrected chi connectivity index (χ1v) is 6.59. The zero-order valence-corrected chi connectivity index (χ0v) is 12.2. The highest BCUT2D eigenvalue weighted by molar-refractivity contribution is 6.34. The molecule has 1 aromatic carbocycles. The Morgan fingerprint density at radius 1 is 1.43 bits per heavy atom. The molecular formula is C14H12ClN2O4-. The van der Waals surface area contributed by atoms with Crippen LogP contribution < -0.4 is 10.4 Å². The fourth-order valence-electron chi connectivity index (χ4n) is 1.88. The Kier molecular flexibility index (Phi) is 4.28. The largest absolute Gasteiger partial charge is 0.545 e. The molecule has 0 saturated carbocycles. The Labute approximate surface area is 125 Å². The molecule has 0 saturated heterocycles. The van der Waals surface area contributed by atoms with E-state index in [4.69, 9.17) is 16.1 Å². The number of hydrogen-bond acceptors (Lipinski definition) is 5. The zero-order valence-electron chi connectivity index (χ0n) is 11.4. The minimum Gasteiger partial charge on any atom is -0.545 e. The van der Waals surface area contributed by atoms with Crippen LogP contribution in [0.3, 0.4) is 0 Å². The maximum absolute atomic E-state index is 12.3. The highest BCUT2D eigenvalue weighted by atomic mass is 35.5. The number of amides is 1. The van der Waals surface area contributed by atoms with Gasteiger partial charge >= 0.3 is 0 Å². The quantitative estimate of drug-likeness (QED) is 0.929. The van der Waals surface area contributed by atoms with E-state index in [0.29, 0.717) is 23.4 Å². The van der Waals surface area contributed by atoms with Crippen molar-refractivity contribution < 1.29 is 19.2 Å². The van der Waals surface area contributed by atoms with Crippen molar-refractivity contribution in [1.82, 2.24) is 5.16 Å². The number of nitrogens with one attached hydrogen (secondary N) is 1. The van der Waals surface area contributed by atoms with Gasteiger partial charge in [-0.2, -0.15) is 0 Å². The number of aromatic nitrogens is 1. The van der Waals surface area contributed by atoms with Gasteiger partial charge in [-0.3, -0.25) is 4.79 Å². The Balaban J connectivity index is 2.33. The zero-order chi connectivity index (χ0) is 15.6. The average molecular weight is 308 g/mol. The number of benzene rings is 1. The Bertz CT molecular complexity index is 709. The van der Waals surface area contributed by atoms with Crippen molar-refractivity contribution in [3.63, 3.8) is 0 Å². The molecule has 1 N–H and O–H groups in total. The predicted molar refractivity (Wildman–Crippen MR) is 74.4 cm³/mol. The van der Waals surface area contributed by atoms with Gasteiger partial charge in [0, 0.05) is 0 Å². The number of carbonyl (C=O) groups excluding carboxylic acids is 2. The molecule has 1 amide bonds. The second-order valence-corrected chi connectivity index (χ2v) is 4.76. The topological polar surface area (TPSA) is 95.3 Å². The van der Waals surface area contributed by atoms with Gasteiger partial charge in [-0.25, -0.2) is 0 Å². The molecule has 7 heteroatoms. The van der Waals surface area contributed by atoms with Gasteiger partial charge < -0.3 is 19.7 Å². The molecule has 0 aliphatic heterocycles. The van der Waals surface area contributed by atoms with Gasteiger partial charge in [-0.1, -0.05) is 29.7 Å². The van der Waals surface area contributed by atoms with Crippen LogP contribution in [0.2, 0.25) is 5.02 Å². The summed E-state index contributed by atoms with van der Waals surface area (Å²) in [5, 5.41) is 17.4. The van der Waals surface area contributed by atoms with E-state index >= 15 is 0 Å². The smallest absolute Gasteiger partial charge is 0.261 e. The molecule has 0 fully saturated rings. The fraction of sp³-hybridized carbons (Fsp3) is 0.214. The highest BCUT2D eigenvalue weighted by Crippen LogP contribution is 2.24. The molecule has 110 valence electrons. The molecule has 1 aromatic heterocycles. The van der Waals surface area contributed by atoms with Gasteiger partial charge in [-0.05, 0) is 31.0 Å². The summed E-state index contributed by atoms with van der Waals surface area (Å²) in [6.07, 6.45) is 0.535. The van der Waals surface area contributed by atoms with Crippen LogP contribution in [0.5, 0.6) is 0 Å². The maximum Gasteiger partial charge on any atom is 0.261 e. The van der Waals surface area contributed by atoms with Crippen LogP contribution in [0.4, 0.5) is 5.69 Å². The number of aromatic carboxylic acids is 1. The van der Waals surface area contributed by atoms with E-state index in [1.54, 1.807) is 6.92 Å². The van der Waals surface area contributed by atoms with Crippen molar-refractivity contribution in [2.45, 2.75) is 20.3 Å². The summed E-state index contributed by atoms with van der Waals surface area (Å²) in [5.41, 5.74) is 0.961. The molecule has 21 heavy (non-hydrogen) atoms. The molecule has 0 radical (unpaired) electrons. The van der Waals surface area contributed by atoms with Crippen molar-refractivity contribution in [3.05, 3.63) is 45.8 Å². The summed E-state index contributed by atoms with van der Waals surface area (Å²) >= 11 is 5.95. The summed E-state index contributed by atoms with van der Waals surface area (Å²) in [6, 6.07) is 3.92. The van der Waals surface area contributed by atoms with E-state index < -0.39 is 11.9 Å². The highest BCUT2D eigenvalue weighted by Gasteiger charge is 2.20. The van der Waals surface area contributed by atoms with Crippen LogP contribution in [-0.2, 0) is 6.42 Å². The molecule has 0 atom stereocenters. The standard InChI is InChI=1S/C14H13ClN2O4/c1-3-10-12(7(2)21-17-10)13(18)16-11-6-8(14(19)20)4-5-9(11)15/h4-6H,3H2,1-2H3,(H,16,18)(H,19,20)/p-1. The lowest BCUT2D eigenvalue weighted by atomic mass is 10.1. The number of carbonyl (C=O) groups is 2. The number of rotatable bonds is 4. The number of carboxylic acids is 1. The molecular weight excluding hydrogens is 296 g/mol. The first-order chi connectivity index (χ1) is 9.93. The van der Waals surface area contributed by atoms with Crippen LogP contribution in [-0.4, -0.2) is 17.0 Å². The number of hydrogen-bond donors (Lipinski definition) is 1. The van der Waals surface area contributed by atoms with E-state index in [2.05, 4.69) is 10.5 Å². The summed E-state index contributed by atoms with van der Waals surface area (Å²) in [7, 11) is 0. The normalized spacial score (nSPS) is 10.4. The molecule has 0 bridgehead atoms. The van der Waals surface area contributed by atoms with Gasteiger partial charge in [0.1, 0.15) is 11.3 Å². The summed E-state index contributed by atoms with van der Waals surface area (Å²) in [5.74, 6) is -1.42. The van der Waals surface area contributed by atoms with Crippen molar-refractivity contribution in [3.8, 4) is 0 Å². The number of halogens is 1. The molecule has 0 unspecified atom stereocenters. The summed E-state index contributed by atoms with van der Waals surface area (Å²) in [4.78, 5) is 23.1. The monoisotopic (exact) mass is 307 g/mol. The molecule has 6 nitrogen and oxygen atoms in total. The van der Waals surface area contributed by atoms with Gasteiger partial charge in [0.05, 0.1) is 22.4 Å². The van der Waals surface area contributed by atoms with Crippen molar-refractivity contribution in [1.29, 1.82) is 0 Å². The van der Waals surface area contributed by atoms with Gasteiger partial charge in [0.15, 0.2) is 0 Å². The summed E-state index contributed by atoms with van der Waals surface area (Å²) in [6.45, 7) is 3.47. The molecule has 1 heterocycles. The Morgan fingerprint density at radius 3 is 2.76 bits per heavy atom. The molecule has 0 aliphatic carbocycles. The third-order valence-electron chi connectivity index (χ3n) is 2.95. The number of carboxylic acid groups (broad SMARTS) is 1. The minimum absolute atomic E-state index is 0.0764. The van der Waals surface area contributed by atoms with Crippen molar-refractivity contribution in [2.75, 3.05) is 5.32 Å². The second-order valence-electron chi connectivity index (χ2n) is 4.35. The van der Waals surface area contributed by atoms with Crippen LogP contribution in [0.15, 0.2) is 22.7 Å². The first-order valence-electron chi connectivity index (χ1n) is 6.21. The average Bonchev–Trinajstić information content (AvgIpc) is 2.82. The fourth-order valence-corrected chi connectivity index (χ4v) is 2.05. The van der Waals surface area contributed by atoms with Gasteiger partial charge in [0.2, 0.25) is 0 Å². The maximum atomic E-state index is 12.3. The Morgan fingerprint density at radius 2 is 2.14 bits per heavy atom. The van der Waals surface area contributed by atoms with Gasteiger partial charge in [-0.15, -0.1) is 0 Å². The first kappa shape index (κ1) is 15.1. The van der Waals surface area contributed by atoms with E-state index in [1.807, 2.05) is 6.92 Å². The van der Waals surface area contributed by atoms with Crippen LogP contribution in [0.25, 0.3) is 0 Å². The van der Waals surface area contributed by atoms with E-state index in [0.717, 1.165) is 0 Å². The van der Waals surface area contributed by atoms with E-state index in [1.165, 1.54) is 18.2 Å². The predicted octanol–water partition coefficient (Wildman–Crippen LogP) is 1.81. The second kappa shape index (κ2) is 5.97. The lowest BCUT2D eigenvalue weighted by Crippen LogP contribution is -2.22. The molecule has 2 aromatic rings. The third-order valence-corrected chi connectivity index (χ3v) is 3.28. The number of anilines is 1. The number of aryl methyl sites for hydroxylation is 2. The Hall–Kier alpha value is -2.34. The third kappa shape index (κ3) is 3.05. The molecule has 2 rings (SSSR count). The minimum atomic E-state index is -1.35. The van der Waals surface area contributed by atoms with E-state index in [9.17, 15) is 14.7 Å². The van der Waals surface area contributed by atoms with Gasteiger partial charge in [0.25, 0.3) is 5.91 Å². The lowest BCUT2D eigenvalue weighted by Gasteiger charge is -2.10. The SMILES string of the molecule is CCc1noc(C)c1C(=O)Nc1cc(C(=O)[O-])ccc1Cl. The molecule has 0 aliphatic rings. The molecule has 0 spiro atoms. The van der Waals surface area contributed by atoms with Crippen LogP contribution in [0.1, 0.15) is 39.1 Å². The van der Waals surface area contributed by atoms with Crippen LogP contribution >= 0.6 is 11.6 Å². The van der Waals surface area contributed by atoms with Crippen molar-refractivity contribution >= 4 is 29.2 Å².